The third kappa shape index (κ3) is 2.55. The summed E-state index contributed by atoms with van der Waals surface area (Å²) in [5, 5.41) is 5.82. The Kier molecular flexibility index (Phi) is 4.23. The van der Waals surface area contributed by atoms with Crippen LogP contribution in [0.5, 0.6) is 0 Å². The van der Waals surface area contributed by atoms with E-state index in [0.717, 1.165) is 6.42 Å². The van der Waals surface area contributed by atoms with Gasteiger partial charge in [-0.2, -0.15) is 0 Å². The van der Waals surface area contributed by atoms with Crippen molar-refractivity contribution in [1.82, 2.24) is 5.32 Å². The molecule has 0 spiro atoms. The summed E-state index contributed by atoms with van der Waals surface area (Å²) in [7, 11) is 2.10. The first kappa shape index (κ1) is 13.8. The standard InChI is InChI=1S/C18H23NS/c1-3-13-7-9-14(10-8-13)18(19-2)16-5-4-6-17-15(16)11-12-20-17/h7-12,16,18-19H,3-6H2,1-2H3. The van der Waals surface area contributed by atoms with Gasteiger partial charge < -0.3 is 5.32 Å². The molecule has 0 fully saturated rings. The Morgan fingerprint density at radius 1 is 1.25 bits per heavy atom. The Labute approximate surface area is 126 Å². The fourth-order valence-corrected chi connectivity index (χ4v) is 4.43. The molecule has 1 aliphatic carbocycles. The van der Waals surface area contributed by atoms with E-state index in [4.69, 9.17) is 0 Å². The first-order valence-electron chi connectivity index (χ1n) is 7.66. The molecule has 2 heteroatoms. The van der Waals surface area contributed by atoms with Crippen LogP contribution >= 0.6 is 11.3 Å². The van der Waals surface area contributed by atoms with Crippen molar-refractivity contribution in [2.45, 2.75) is 44.6 Å². The van der Waals surface area contributed by atoms with E-state index in [1.54, 1.807) is 10.4 Å². The van der Waals surface area contributed by atoms with Crippen molar-refractivity contribution in [2.75, 3.05) is 7.05 Å². The third-order valence-electron chi connectivity index (χ3n) is 4.56. The van der Waals surface area contributed by atoms with Crippen LogP contribution in [0.1, 0.15) is 53.3 Å². The lowest BCUT2D eigenvalue weighted by Crippen LogP contribution is -2.26. The summed E-state index contributed by atoms with van der Waals surface area (Å²) in [4.78, 5) is 1.60. The molecule has 106 valence electrons. The monoisotopic (exact) mass is 285 g/mol. The van der Waals surface area contributed by atoms with Crippen molar-refractivity contribution < 1.29 is 0 Å². The Bertz CT molecular complexity index is 555. The number of likely N-dealkylation sites (N-methyl/N-ethyl adjacent to an activating group) is 1. The highest BCUT2D eigenvalue weighted by Gasteiger charge is 2.28. The maximum atomic E-state index is 3.56. The SMILES string of the molecule is CCc1ccc(C(NC)C2CCCc3sccc32)cc1. The van der Waals surface area contributed by atoms with Gasteiger partial charge in [-0.05, 0) is 60.9 Å². The fraction of sp³-hybridized carbons (Fsp3) is 0.444. The number of fused-ring (bicyclic) bond motifs is 1. The number of nitrogens with one attached hydrogen (secondary N) is 1. The van der Waals surface area contributed by atoms with Gasteiger partial charge in [0.25, 0.3) is 0 Å². The molecular formula is C18H23NS. The first-order chi connectivity index (χ1) is 9.83. The van der Waals surface area contributed by atoms with Crippen LogP contribution in [0.3, 0.4) is 0 Å². The van der Waals surface area contributed by atoms with E-state index in [2.05, 4.69) is 55.0 Å². The molecule has 0 amide bonds. The average molecular weight is 285 g/mol. The second kappa shape index (κ2) is 6.11. The van der Waals surface area contributed by atoms with E-state index >= 15 is 0 Å². The van der Waals surface area contributed by atoms with E-state index < -0.39 is 0 Å². The number of benzene rings is 1. The lowest BCUT2D eigenvalue weighted by Gasteiger charge is -2.31. The molecule has 0 saturated carbocycles. The van der Waals surface area contributed by atoms with Crippen LogP contribution in [0, 0.1) is 0 Å². The molecule has 3 rings (SSSR count). The minimum Gasteiger partial charge on any atom is -0.312 e. The predicted octanol–water partition coefficient (Wildman–Crippen LogP) is 4.69. The summed E-state index contributed by atoms with van der Waals surface area (Å²) in [5.74, 6) is 0.627. The van der Waals surface area contributed by atoms with Crippen LogP contribution in [-0.2, 0) is 12.8 Å². The molecule has 1 heterocycles. The minimum atomic E-state index is 0.439. The molecule has 2 aromatic rings. The van der Waals surface area contributed by atoms with Gasteiger partial charge in [0.15, 0.2) is 0 Å². The first-order valence-corrected chi connectivity index (χ1v) is 8.53. The summed E-state index contributed by atoms with van der Waals surface area (Å²) >= 11 is 1.93. The van der Waals surface area contributed by atoms with E-state index in [1.165, 1.54) is 30.4 Å². The Balaban J connectivity index is 1.90. The van der Waals surface area contributed by atoms with Crippen molar-refractivity contribution in [3.63, 3.8) is 0 Å². The highest BCUT2D eigenvalue weighted by molar-refractivity contribution is 7.10. The Morgan fingerprint density at radius 2 is 2.05 bits per heavy atom. The van der Waals surface area contributed by atoms with Crippen LogP contribution < -0.4 is 5.32 Å². The predicted molar refractivity (Wildman–Crippen MR) is 87.6 cm³/mol. The number of hydrogen-bond acceptors (Lipinski definition) is 2. The fourth-order valence-electron chi connectivity index (χ4n) is 3.43. The van der Waals surface area contributed by atoms with Gasteiger partial charge in [-0.25, -0.2) is 0 Å². The zero-order valence-corrected chi connectivity index (χ0v) is 13.2. The van der Waals surface area contributed by atoms with Gasteiger partial charge >= 0.3 is 0 Å². The average Bonchev–Trinajstić information content (AvgIpc) is 2.98. The summed E-state index contributed by atoms with van der Waals surface area (Å²) in [6.07, 6.45) is 5.01. The largest absolute Gasteiger partial charge is 0.312 e. The Hall–Kier alpha value is -1.12. The highest BCUT2D eigenvalue weighted by Crippen LogP contribution is 2.42. The van der Waals surface area contributed by atoms with Crippen molar-refractivity contribution in [1.29, 1.82) is 0 Å². The summed E-state index contributed by atoms with van der Waals surface area (Å²) < 4.78 is 0. The van der Waals surface area contributed by atoms with E-state index in [0.29, 0.717) is 12.0 Å². The number of rotatable bonds is 4. The third-order valence-corrected chi connectivity index (χ3v) is 5.56. The highest BCUT2D eigenvalue weighted by atomic mass is 32.1. The quantitative estimate of drug-likeness (QED) is 0.859. The molecule has 0 saturated heterocycles. The van der Waals surface area contributed by atoms with Gasteiger partial charge in [-0.3, -0.25) is 0 Å². The lowest BCUT2D eigenvalue weighted by atomic mass is 9.80. The normalized spacial score (nSPS) is 19.6. The molecule has 1 aromatic heterocycles. The Morgan fingerprint density at radius 3 is 2.75 bits per heavy atom. The molecule has 1 N–H and O–H groups in total. The lowest BCUT2D eigenvalue weighted by molar-refractivity contribution is 0.428. The summed E-state index contributed by atoms with van der Waals surface area (Å²) in [6, 6.07) is 11.9. The van der Waals surface area contributed by atoms with Crippen molar-refractivity contribution in [2.24, 2.45) is 0 Å². The molecule has 1 nitrogen and oxygen atoms in total. The molecular weight excluding hydrogens is 262 g/mol. The van der Waals surface area contributed by atoms with E-state index in [-0.39, 0.29) is 0 Å². The van der Waals surface area contributed by atoms with Crippen LogP contribution in [-0.4, -0.2) is 7.05 Å². The zero-order valence-electron chi connectivity index (χ0n) is 12.4. The van der Waals surface area contributed by atoms with Gasteiger partial charge in [-0.1, -0.05) is 31.2 Å². The van der Waals surface area contributed by atoms with E-state index in [1.807, 2.05) is 11.3 Å². The maximum Gasteiger partial charge on any atom is 0.0387 e. The molecule has 2 atom stereocenters. The van der Waals surface area contributed by atoms with Gasteiger partial charge in [0, 0.05) is 16.8 Å². The van der Waals surface area contributed by atoms with Gasteiger partial charge in [0.05, 0.1) is 0 Å². The number of hydrogen-bond donors (Lipinski definition) is 1. The molecule has 1 aromatic carbocycles. The van der Waals surface area contributed by atoms with Crippen LogP contribution in [0.4, 0.5) is 0 Å². The molecule has 20 heavy (non-hydrogen) atoms. The molecule has 1 aliphatic rings. The van der Waals surface area contributed by atoms with Gasteiger partial charge in [-0.15, -0.1) is 11.3 Å². The topological polar surface area (TPSA) is 12.0 Å². The molecule has 0 bridgehead atoms. The minimum absolute atomic E-state index is 0.439. The molecule has 2 unspecified atom stereocenters. The molecule has 0 aliphatic heterocycles. The second-order valence-electron chi connectivity index (χ2n) is 5.66. The smallest absolute Gasteiger partial charge is 0.0387 e. The second-order valence-corrected chi connectivity index (χ2v) is 6.66. The maximum absolute atomic E-state index is 3.56. The van der Waals surface area contributed by atoms with Crippen molar-refractivity contribution in [3.8, 4) is 0 Å². The summed E-state index contributed by atoms with van der Waals surface area (Å²) in [5.41, 5.74) is 4.43. The van der Waals surface area contributed by atoms with Crippen LogP contribution in [0.25, 0.3) is 0 Å². The summed E-state index contributed by atoms with van der Waals surface area (Å²) in [6.45, 7) is 2.21. The van der Waals surface area contributed by atoms with Gasteiger partial charge in [0.1, 0.15) is 0 Å². The number of aryl methyl sites for hydroxylation is 2. The molecule has 0 radical (unpaired) electrons. The van der Waals surface area contributed by atoms with Gasteiger partial charge in [0.2, 0.25) is 0 Å². The van der Waals surface area contributed by atoms with Crippen LogP contribution in [0.15, 0.2) is 35.7 Å². The zero-order chi connectivity index (χ0) is 13.9. The van der Waals surface area contributed by atoms with Crippen molar-refractivity contribution in [3.05, 3.63) is 57.3 Å². The number of thiophene rings is 1. The van der Waals surface area contributed by atoms with E-state index in [9.17, 15) is 0 Å². The van der Waals surface area contributed by atoms with Crippen LogP contribution in [0.2, 0.25) is 0 Å². The van der Waals surface area contributed by atoms with Crippen molar-refractivity contribution >= 4 is 11.3 Å².